The standard InChI is InChI=1S/C27H38ClNO/c1-23(30)24-18-20-26(21-19-24)29-22-14-10-8-6-4-2-3-5-7-9-11-15-25-16-12-13-17-27(25)28/h12-13,16-21,29H,2-11,14-15,22H2,1H3. The summed E-state index contributed by atoms with van der Waals surface area (Å²) in [6.07, 6.45) is 15.7. The number of carbonyl (C=O) groups is 1. The van der Waals surface area contributed by atoms with Gasteiger partial charge in [0.05, 0.1) is 0 Å². The molecular formula is C27H38ClNO. The Morgan fingerprint density at radius 1 is 0.733 bits per heavy atom. The first-order valence-electron chi connectivity index (χ1n) is 11.7. The maximum absolute atomic E-state index is 11.3. The van der Waals surface area contributed by atoms with Crippen LogP contribution in [0.5, 0.6) is 0 Å². The van der Waals surface area contributed by atoms with Crippen LogP contribution in [0, 0.1) is 0 Å². The van der Waals surface area contributed by atoms with E-state index in [0.717, 1.165) is 29.2 Å². The van der Waals surface area contributed by atoms with Gasteiger partial charge in [-0.2, -0.15) is 0 Å². The smallest absolute Gasteiger partial charge is 0.159 e. The number of Topliss-reactive ketones (excluding diaryl/α,β-unsaturated/α-hetero) is 1. The Kier molecular flexibility index (Phi) is 12.3. The lowest BCUT2D eigenvalue weighted by atomic mass is 10.0. The van der Waals surface area contributed by atoms with E-state index in [0.29, 0.717) is 0 Å². The largest absolute Gasteiger partial charge is 0.385 e. The topological polar surface area (TPSA) is 29.1 Å². The number of unbranched alkanes of at least 4 members (excludes halogenated alkanes) is 10. The normalized spacial score (nSPS) is 10.9. The van der Waals surface area contributed by atoms with Gasteiger partial charge in [0.15, 0.2) is 5.78 Å². The lowest BCUT2D eigenvalue weighted by molar-refractivity contribution is 0.101. The second-order valence-corrected chi connectivity index (χ2v) is 8.70. The highest BCUT2D eigenvalue weighted by atomic mass is 35.5. The average molecular weight is 428 g/mol. The molecule has 0 radical (unpaired) electrons. The quantitative estimate of drug-likeness (QED) is 0.215. The van der Waals surface area contributed by atoms with Crippen LogP contribution in [0.4, 0.5) is 5.69 Å². The zero-order chi connectivity index (χ0) is 21.4. The average Bonchev–Trinajstić information content (AvgIpc) is 2.75. The minimum atomic E-state index is 0.120. The summed E-state index contributed by atoms with van der Waals surface area (Å²) in [7, 11) is 0. The van der Waals surface area contributed by atoms with Gasteiger partial charge in [0.2, 0.25) is 0 Å². The minimum absolute atomic E-state index is 0.120. The van der Waals surface area contributed by atoms with Crippen LogP contribution in [0.25, 0.3) is 0 Å². The molecule has 0 amide bonds. The second-order valence-electron chi connectivity index (χ2n) is 8.29. The van der Waals surface area contributed by atoms with E-state index in [1.807, 2.05) is 36.4 Å². The van der Waals surface area contributed by atoms with Crippen LogP contribution in [-0.2, 0) is 6.42 Å². The summed E-state index contributed by atoms with van der Waals surface area (Å²) in [6.45, 7) is 2.61. The van der Waals surface area contributed by atoms with E-state index in [1.54, 1.807) is 6.92 Å². The molecule has 0 saturated carbocycles. The molecule has 2 nitrogen and oxygen atoms in total. The summed E-state index contributed by atoms with van der Waals surface area (Å²) in [5.74, 6) is 0.120. The van der Waals surface area contributed by atoms with Crippen molar-refractivity contribution in [3.8, 4) is 0 Å². The fourth-order valence-corrected chi connectivity index (χ4v) is 4.02. The molecule has 30 heavy (non-hydrogen) atoms. The fraction of sp³-hybridized carbons (Fsp3) is 0.519. The molecule has 0 heterocycles. The highest BCUT2D eigenvalue weighted by molar-refractivity contribution is 6.31. The van der Waals surface area contributed by atoms with Crippen molar-refractivity contribution in [1.82, 2.24) is 0 Å². The second kappa shape index (κ2) is 15.1. The third-order valence-electron chi connectivity index (χ3n) is 5.70. The van der Waals surface area contributed by atoms with Gasteiger partial charge in [-0.25, -0.2) is 0 Å². The van der Waals surface area contributed by atoms with Gasteiger partial charge in [0, 0.05) is 22.8 Å². The number of anilines is 1. The molecule has 0 atom stereocenters. The Labute approximate surface area is 188 Å². The van der Waals surface area contributed by atoms with Gasteiger partial charge in [-0.15, -0.1) is 0 Å². The molecule has 0 unspecified atom stereocenters. The third kappa shape index (κ3) is 10.3. The van der Waals surface area contributed by atoms with Crippen molar-refractivity contribution in [2.24, 2.45) is 0 Å². The molecule has 0 aliphatic heterocycles. The molecule has 0 saturated heterocycles. The molecule has 0 aromatic heterocycles. The zero-order valence-corrected chi connectivity index (χ0v) is 19.4. The lowest BCUT2D eigenvalue weighted by Crippen LogP contribution is -2.01. The van der Waals surface area contributed by atoms with E-state index in [9.17, 15) is 4.79 Å². The van der Waals surface area contributed by atoms with Crippen molar-refractivity contribution in [1.29, 1.82) is 0 Å². The minimum Gasteiger partial charge on any atom is -0.385 e. The van der Waals surface area contributed by atoms with Crippen molar-refractivity contribution in [2.45, 2.75) is 84.0 Å². The number of hydrogen-bond acceptors (Lipinski definition) is 2. The van der Waals surface area contributed by atoms with Crippen LogP contribution in [0.3, 0.4) is 0 Å². The summed E-state index contributed by atoms with van der Waals surface area (Å²) in [4.78, 5) is 11.3. The SMILES string of the molecule is CC(=O)c1ccc(NCCCCCCCCCCCCCc2ccccc2Cl)cc1. The number of nitrogens with one attached hydrogen (secondary N) is 1. The maximum Gasteiger partial charge on any atom is 0.159 e. The molecule has 2 aromatic carbocycles. The summed E-state index contributed by atoms with van der Waals surface area (Å²) < 4.78 is 0. The molecule has 0 spiro atoms. The first-order chi connectivity index (χ1) is 14.7. The lowest BCUT2D eigenvalue weighted by Gasteiger charge is -2.07. The Hall–Kier alpha value is -1.80. The molecule has 164 valence electrons. The molecule has 3 heteroatoms. The maximum atomic E-state index is 11.3. The molecular weight excluding hydrogens is 390 g/mol. The van der Waals surface area contributed by atoms with Gasteiger partial charge in [0.1, 0.15) is 0 Å². The van der Waals surface area contributed by atoms with E-state index in [2.05, 4.69) is 17.4 Å². The molecule has 2 aromatic rings. The Morgan fingerprint density at radius 2 is 1.27 bits per heavy atom. The number of benzene rings is 2. The summed E-state index contributed by atoms with van der Waals surface area (Å²) in [6, 6.07) is 16.0. The van der Waals surface area contributed by atoms with Gasteiger partial charge in [0.25, 0.3) is 0 Å². The number of aryl methyl sites for hydroxylation is 1. The molecule has 1 N–H and O–H groups in total. The number of carbonyl (C=O) groups excluding carboxylic acids is 1. The fourth-order valence-electron chi connectivity index (χ4n) is 3.79. The summed E-state index contributed by atoms with van der Waals surface area (Å²) in [5, 5.41) is 4.35. The first kappa shape index (κ1) is 24.5. The predicted molar refractivity (Wildman–Crippen MR) is 131 cm³/mol. The van der Waals surface area contributed by atoms with Crippen LogP contribution in [0.1, 0.15) is 93.5 Å². The van der Waals surface area contributed by atoms with Crippen LogP contribution < -0.4 is 5.32 Å². The van der Waals surface area contributed by atoms with E-state index >= 15 is 0 Å². The Bertz CT molecular complexity index is 726. The number of hydrogen-bond donors (Lipinski definition) is 1. The molecule has 0 aliphatic rings. The molecule has 0 aliphatic carbocycles. The summed E-state index contributed by atoms with van der Waals surface area (Å²) >= 11 is 6.20. The Morgan fingerprint density at radius 3 is 1.83 bits per heavy atom. The van der Waals surface area contributed by atoms with Crippen molar-refractivity contribution < 1.29 is 4.79 Å². The van der Waals surface area contributed by atoms with Crippen molar-refractivity contribution in [3.63, 3.8) is 0 Å². The Balaban J connectivity index is 1.34. The van der Waals surface area contributed by atoms with Gasteiger partial charge in [-0.1, -0.05) is 87.6 Å². The van der Waals surface area contributed by atoms with E-state index < -0.39 is 0 Å². The summed E-state index contributed by atoms with van der Waals surface area (Å²) in [5.41, 5.74) is 3.17. The van der Waals surface area contributed by atoms with Gasteiger partial charge >= 0.3 is 0 Å². The number of rotatable bonds is 16. The van der Waals surface area contributed by atoms with E-state index in [-0.39, 0.29) is 5.78 Å². The van der Waals surface area contributed by atoms with Crippen molar-refractivity contribution >= 4 is 23.1 Å². The van der Waals surface area contributed by atoms with E-state index in [1.165, 1.54) is 76.2 Å². The van der Waals surface area contributed by atoms with Crippen molar-refractivity contribution in [3.05, 3.63) is 64.7 Å². The molecule has 0 fully saturated rings. The first-order valence-corrected chi connectivity index (χ1v) is 12.1. The van der Waals surface area contributed by atoms with Gasteiger partial charge in [-0.05, 0) is 62.1 Å². The van der Waals surface area contributed by atoms with Crippen LogP contribution in [-0.4, -0.2) is 12.3 Å². The van der Waals surface area contributed by atoms with Gasteiger partial charge in [-0.3, -0.25) is 4.79 Å². The molecule has 2 rings (SSSR count). The molecule has 0 bridgehead atoms. The highest BCUT2D eigenvalue weighted by Gasteiger charge is 2.00. The van der Waals surface area contributed by atoms with Gasteiger partial charge < -0.3 is 5.32 Å². The monoisotopic (exact) mass is 427 g/mol. The van der Waals surface area contributed by atoms with Crippen LogP contribution in [0.2, 0.25) is 5.02 Å². The predicted octanol–water partition coefficient (Wildman–Crippen LogP) is 8.49. The number of ketones is 1. The number of halogens is 1. The van der Waals surface area contributed by atoms with Crippen LogP contribution >= 0.6 is 11.6 Å². The zero-order valence-electron chi connectivity index (χ0n) is 18.6. The van der Waals surface area contributed by atoms with Crippen LogP contribution in [0.15, 0.2) is 48.5 Å². The van der Waals surface area contributed by atoms with E-state index in [4.69, 9.17) is 11.6 Å². The highest BCUT2D eigenvalue weighted by Crippen LogP contribution is 2.18. The third-order valence-corrected chi connectivity index (χ3v) is 6.07. The van der Waals surface area contributed by atoms with Crippen molar-refractivity contribution in [2.75, 3.05) is 11.9 Å².